The van der Waals surface area contributed by atoms with Gasteiger partial charge in [0.25, 0.3) is 0 Å². The molecule has 3 rings (SSSR count). The summed E-state index contributed by atoms with van der Waals surface area (Å²) in [4.78, 5) is 0.342. The lowest BCUT2D eigenvalue weighted by Crippen LogP contribution is -2.33. The molecule has 1 saturated carbocycles. The van der Waals surface area contributed by atoms with Gasteiger partial charge in [0.1, 0.15) is 0 Å². The highest BCUT2D eigenvalue weighted by molar-refractivity contribution is 7.89. The summed E-state index contributed by atoms with van der Waals surface area (Å²) >= 11 is 0. The highest BCUT2D eigenvalue weighted by Gasteiger charge is 2.42. The van der Waals surface area contributed by atoms with Gasteiger partial charge in [-0.2, -0.15) is 0 Å². The minimum atomic E-state index is -3.47. The summed E-state index contributed by atoms with van der Waals surface area (Å²) in [5, 5.41) is 0. The van der Waals surface area contributed by atoms with E-state index in [1.165, 1.54) is 5.56 Å². The van der Waals surface area contributed by atoms with Gasteiger partial charge in [0, 0.05) is 6.04 Å². The first kappa shape index (κ1) is 17.2. The van der Waals surface area contributed by atoms with E-state index in [0.717, 1.165) is 18.4 Å². The molecule has 0 heterocycles. The summed E-state index contributed by atoms with van der Waals surface area (Å²) in [6, 6.07) is 17.4. The third kappa shape index (κ3) is 3.55. The van der Waals surface area contributed by atoms with Crippen molar-refractivity contribution in [3.05, 3.63) is 65.7 Å². The van der Waals surface area contributed by atoms with E-state index in [0.29, 0.717) is 10.8 Å². The fraction of sp³-hybridized carbons (Fsp3) is 0.400. The quantitative estimate of drug-likeness (QED) is 0.902. The van der Waals surface area contributed by atoms with Crippen molar-refractivity contribution >= 4 is 10.0 Å². The molecule has 0 spiro atoms. The van der Waals surface area contributed by atoms with E-state index in [1.807, 2.05) is 25.1 Å². The maximum absolute atomic E-state index is 12.6. The second-order valence-corrected chi connectivity index (χ2v) is 9.24. The van der Waals surface area contributed by atoms with E-state index < -0.39 is 10.0 Å². The van der Waals surface area contributed by atoms with Gasteiger partial charge in [-0.1, -0.05) is 61.9 Å². The van der Waals surface area contributed by atoms with Crippen molar-refractivity contribution in [3.63, 3.8) is 0 Å². The molecule has 0 aromatic heterocycles. The molecule has 0 amide bonds. The van der Waals surface area contributed by atoms with Gasteiger partial charge in [-0.3, -0.25) is 0 Å². The predicted molar refractivity (Wildman–Crippen MR) is 97.5 cm³/mol. The first-order valence-electron chi connectivity index (χ1n) is 8.42. The Morgan fingerprint density at radius 3 is 2.25 bits per heavy atom. The molecular formula is C20H25NO2S. The van der Waals surface area contributed by atoms with Crippen LogP contribution in [0.15, 0.2) is 59.5 Å². The average Bonchev–Trinajstić information content (AvgIpc) is 2.82. The van der Waals surface area contributed by atoms with Crippen LogP contribution < -0.4 is 4.72 Å². The van der Waals surface area contributed by atoms with Crippen molar-refractivity contribution in [1.82, 2.24) is 4.72 Å². The molecule has 128 valence electrons. The van der Waals surface area contributed by atoms with Crippen LogP contribution in [0.4, 0.5) is 0 Å². The van der Waals surface area contributed by atoms with Crippen molar-refractivity contribution in [2.45, 2.75) is 50.5 Å². The molecule has 0 saturated heterocycles. The number of rotatable bonds is 4. The lowest BCUT2D eigenvalue weighted by molar-refractivity contribution is 0.328. The average molecular weight is 343 g/mol. The summed E-state index contributed by atoms with van der Waals surface area (Å²) in [6.07, 6.45) is 1.68. The Morgan fingerprint density at radius 2 is 1.62 bits per heavy atom. The Kier molecular flexibility index (Phi) is 4.54. The Balaban J connectivity index is 1.78. The van der Waals surface area contributed by atoms with Gasteiger partial charge in [0.2, 0.25) is 10.0 Å². The molecule has 2 aromatic rings. The van der Waals surface area contributed by atoms with E-state index in [-0.39, 0.29) is 11.5 Å². The normalized spacial score (nSPS) is 23.3. The molecule has 1 N–H and O–H groups in total. The van der Waals surface area contributed by atoms with Gasteiger partial charge in [0.05, 0.1) is 4.90 Å². The molecule has 0 aliphatic heterocycles. The number of nitrogens with one attached hydrogen (secondary N) is 1. The lowest BCUT2D eigenvalue weighted by atomic mass is 9.78. The maximum Gasteiger partial charge on any atom is 0.240 e. The number of hydrogen-bond acceptors (Lipinski definition) is 2. The monoisotopic (exact) mass is 343 g/mol. The van der Waals surface area contributed by atoms with Crippen LogP contribution in [0, 0.1) is 12.3 Å². The van der Waals surface area contributed by atoms with E-state index >= 15 is 0 Å². The molecule has 2 aromatic carbocycles. The largest absolute Gasteiger partial charge is 0.240 e. The molecule has 24 heavy (non-hydrogen) atoms. The van der Waals surface area contributed by atoms with Crippen LogP contribution in [0.25, 0.3) is 0 Å². The molecule has 4 heteroatoms. The fourth-order valence-electron chi connectivity index (χ4n) is 3.83. The number of hydrogen-bond donors (Lipinski definition) is 1. The summed E-state index contributed by atoms with van der Waals surface area (Å²) in [5.41, 5.74) is 2.42. The Labute approximate surface area is 145 Å². The number of benzene rings is 2. The summed E-state index contributed by atoms with van der Waals surface area (Å²) < 4.78 is 28.2. The molecule has 1 aliphatic carbocycles. The summed E-state index contributed by atoms with van der Waals surface area (Å²) in [5.74, 6) is 0.365. The van der Waals surface area contributed by atoms with Crippen molar-refractivity contribution in [1.29, 1.82) is 0 Å². The molecule has 0 unspecified atom stereocenters. The van der Waals surface area contributed by atoms with Gasteiger partial charge in [-0.15, -0.1) is 0 Å². The van der Waals surface area contributed by atoms with Gasteiger partial charge in [-0.25, -0.2) is 13.1 Å². The second-order valence-electron chi connectivity index (χ2n) is 7.52. The van der Waals surface area contributed by atoms with Crippen LogP contribution in [0.5, 0.6) is 0 Å². The van der Waals surface area contributed by atoms with Crippen LogP contribution in [-0.4, -0.2) is 14.5 Å². The first-order chi connectivity index (χ1) is 11.3. The zero-order chi connectivity index (χ0) is 17.4. The molecule has 2 atom stereocenters. The smallest absolute Gasteiger partial charge is 0.208 e. The summed E-state index contributed by atoms with van der Waals surface area (Å²) in [7, 11) is -3.47. The molecule has 3 nitrogen and oxygen atoms in total. The van der Waals surface area contributed by atoms with E-state index in [4.69, 9.17) is 0 Å². The second kappa shape index (κ2) is 6.34. The Bertz CT molecular complexity index is 795. The Morgan fingerprint density at radius 1 is 1.00 bits per heavy atom. The van der Waals surface area contributed by atoms with E-state index in [1.54, 1.807) is 12.1 Å². The molecule has 0 radical (unpaired) electrons. The van der Waals surface area contributed by atoms with E-state index in [2.05, 4.69) is 42.8 Å². The van der Waals surface area contributed by atoms with Crippen LogP contribution >= 0.6 is 0 Å². The number of sulfonamides is 1. The minimum Gasteiger partial charge on any atom is -0.208 e. The highest BCUT2D eigenvalue weighted by atomic mass is 32.2. The minimum absolute atomic E-state index is 0.0310. The SMILES string of the molecule is Cc1ccc(S(=O)(=O)N[C@H]2C[C@@H](c3ccccc3)C(C)(C)C2)cc1. The van der Waals surface area contributed by atoms with Gasteiger partial charge in [0.15, 0.2) is 0 Å². The van der Waals surface area contributed by atoms with Crippen molar-refractivity contribution in [2.24, 2.45) is 5.41 Å². The van der Waals surface area contributed by atoms with Crippen LogP contribution in [0.2, 0.25) is 0 Å². The van der Waals surface area contributed by atoms with E-state index in [9.17, 15) is 8.42 Å². The van der Waals surface area contributed by atoms with Gasteiger partial charge < -0.3 is 0 Å². The van der Waals surface area contributed by atoms with Crippen molar-refractivity contribution in [2.75, 3.05) is 0 Å². The maximum atomic E-state index is 12.6. The lowest BCUT2D eigenvalue weighted by Gasteiger charge is -2.27. The molecule has 0 bridgehead atoms. The highest BCUT2D eigenvalue weighted by Crippen LogP contribution is 2.49. The Hall–Kier alpha value is -1.65. The van der Waals surface area contributed by atoms with Crippen LogP contribution in [0.1, 0.15) is 43.7 Å². The molecular weight excluding hydrogens is 318 g/mol. The topological polar surface area (TPSA) is 46.2 Å². The van der Waals surface area contributed by atoms with Crippen molar-refractivity contribution in [3.8, 4) is 0 Å². The zero-order valence-electron chi connectivity index (χ0n) is 14.5. The number of aryl methyl sites for hydroxylation is 1. The predicted octanol–water partition coefficient (Wildman–Crippen LogP) is 4.25. The fourth-order valence-corrected chi connectivity index (χ4v) is 5.08. The zero-order valence-corrected chi connectivity index (χ0v) is 15.3. The standard InChI is InChI=1S/C20H25NO2S/c1-15-9-11-18(12-10-15)24(22,23)21-17-13-19(20(2,3)14-17)16-7-5-4-6-8-16/h4-12,17,19,21H,13-14H2,1-3H3/t17-,19-/m0/s1. The van der Waals surface area contributed by atoms with Crippen LogP contribution in [-0.2, 0) is 10.0 Å². The van der Waals surface area contributed by atoms with Crippen molar-refractivity contribution < 1.29 is 8.42 Å². The molecule has 1 aliphatic rings. The summed E-state index contributed by atoms with van der Waals surface area (Å²) in [6.45, 7) is 6.41. The van der Waals surface area contributed by atoms with Gasteiger partial charge in [-0.05, 0) is 48.8 Å². The third-order valence-electron chi connectivity index (χ3n) is 5.09. The third-order valence-corrected chi connectivity index (χ3v) is 6.63. The van der Waals surface area contributed by atoms with Gasteiger partial charge >= 0.3 is 0 Å². The first-order valence-corrected chi connectivity index (χ1v) is 9.90. The van der Waals surface area contributed by atoms with Crippen LogP contribution in [0.3, 0.4) is 0 Å². The molecule has 1 fully saturated rings.